The van der Waals surface area contributed by atoms with Crippen LogP contribution in [0.1, 0.15) is 66.3 Å². The van der Waals surface area contributed by atoms with Gasteiger partial charge in [-0.05, 0) is 44.1 Å². The first kappa shape index (κ1) is 21.1. The van der Waals surface area contributed by atoms with E-state index in [9.17, 15) is 4.79 Å². The number of carbonyl (C=O) groups excluding carboxylic acids is 1. The summed E-state index contributed by atoms with van der Waals surface area (Å²) in [6, 6.07) is 0. The Kier molecular flexibility index (Phi) is 6.38. The molecule has 0 saturated heterocycles. The number of aryl methyl sites for hydroxylation is 1. The van der Waals surface area contributed by atoms with E-state index in [4.69, 9.17) is 0 Å². The Morgan fingerprint density at radius 2 is 1.97 bits per heavy atom. The second-order valence-electron chi connectivity index (χ2n) is 8.24. The van der Waals surface area contributed by atoms with Crippen molar-refractivity contribution >= 4 is 45.5 Å². The van der Waals surface area contributed by atoms with Crippen LogP contribution in [-0.2, 0) is 24.7 Å². The summed E-state index contributed by atoms with van der Waals surface area (Å²) in [5.41, 5.74) is 2.64. The molecule has 0 atom stereocenters. The highest BCUT2D eigenvalue weighted by Gasteiger charge is 2.22. The summed E-state index contributed by atoms with van der Waals surface area (Å²) >= 11 is 4.75. The number of rotatable bonds is 6. The van der Waals surface area contributed by atoms with E-state index in [1.165, 1.54) is 90.5 Å². The maximum atomic E-state index is 12.5. The molecule has 5 rings (SSSR count). The molecular weight excluding hydrogens is 448 g/mol. The van der Waals surface area contributed by atoms with Crippen LogP contribution < -0.4 is 5.32 Å². The van der Waals surface area contributed by atoms with Crippen LogP contribution in [-0.4, -0.2) is 36.6 Å². The summed E-state index contributed by atoms with van der Waals surface area (Å²) in [5.74, 6) is 1.58. The van der Waals surface area contributed by atoms with Gasteiger partial charge in [-0.15, -0.1) is 31.7 Å². The highest BCUT2D eigenvalue weighted by Crippen LogP contribution is 2.37. The standard InChI is InChI=1S/C21H26N6OS3/c1-27-18(15-11-29-16-10-6-5-9-14(15)16)23-26-21(27)30-12-17(28)22-20-25-24-19(31-20)13-7-3-2-4-8-13/h11,13H,2-10,12H2,1H3,(H,22,25,28). The van der Waals surface area contributed by atoms with Crippen molar-refractivity contribution in [2.45, 2.75) is 68.9 Å². The predicted octanol–water partition coefficient (Wildman–Crippen LogP) is 5.05. The summed E-state index contributed by atoms with van der Waals surface area (Å²) in [4.78, 5) is 13.9. The third-order valence-electron chi connectivity index (χ3n) is 6.11. The van der Waals surface area contributed by atoms with Gasteiger partial charge in [-0.3, -0.25) is 10.1 Å². The van der Waals surface area contributed by atoms with Gasteiger partial charge in [0.2, 0.25) is 11.0 Å². The number of hydrogen-bond acceptors (Lipinski definition) is 8. The van der Waals surface area contributed by atoms with Gasteiger partial charge in [0, 0.05) is 28.8 Å². The van der Waals surface area contributed by atoms with Gasteiger partial charge >= 0.3 is 0 Å². The van der Waals surface area contributed by atoms with E-state index in [0.717, 1.165) is 22.4 Å². The van der Waals surface area contributed by atoms with Crippen LogP contribution in [0.2, 0.25) is 0 Å². The zero-order valence-electron chi connectivity index (χ0n) is 17.6. The van der Waals surface area contributed by atoms with Crippen molar-refractivity contribution in [3.63, 3.8) is 0 Å². The molecule has 3 aromatic heterocycles. The molecule has 1 N–H and O–H groups in total. The zero-order valence-corrected chi connectivity index (χ0v) is 20.0. The molecule has 1 saturated carbocycles. The number of nitrogens with one attached hydrogen (secondary N) is 1. The second-order valence-corrected chi connectivity index (χ2v) is 11.2. The Labute approximate surface area is 194 Å². The van der Waals surface area contributed by atoms with Crippen molar-refractivity contribution in [1.29, 1.82) is 0 Å². The summed E-state index contributed by atoms with van der Waals surface area (Å²) in [5, 5.41) is 24.8. The van der Waals surface area contributed by atoms with Crippen LogP contribution in [0.25, 0.3) is 11.4 Å². The van der Waals surface area contributed by atoms with Gasteiger partial charge in [0.15, 0.2) is 11.0 Å². The Balaban J connectivity index is 1.19. The van der Waals surface area contributed by atoms with Crippen molar-refractivity contribution in [2.24, 2.45) is 7.05 Å². The number of thiophene rings is 1. The molecule has 3 aromatic rings. The molecule has 1 amide bonds. The average Bonchev–Trinajstić information content (AvgIpc) is 3.52. The zero-order chi connectivity index (χ0) is 21.2. The first-order chi connectivity index (χ1) is 15.2. The van der Waals surface area contributed by atoms with Gasteiger partial charge < -0.3 is 4.57 Å². The SMILES string of the molecule is Cn1c(SCC(=O)Nc2nnc(C3CCCCC3)s2)nnc1-c1csc2c1CCCC2. The van der Waals surface area contributed by atoms with Crippen molar-refractivity contribution in [3.8, 4) is 11.4 Å². The summed E-state index contributed by atoms with van der Waals surface area (Å²) < 4.78 is 2.00. The van der Waals surface area contributed by atoms with Crippen molar-refractivity contribution in [1.82, 2.24) is 25.0 Å². The van der Waals surface area contributed by atoms with E-state index in [2.05, 4.69) is 31.1 Å². The Bertz CT molecular complexity index is 1070. The number of hydrogen-bond donors (Lipinski definition) is 1. The lowest BCUT2D eigenvalue weighted by Gasteiger charge is -2.18. The van der Waals surface area contributed by atoms with E-state index in [1.54, 1.807) is 0 Å². The van der Waals surface area contributed by atoms with Gasteiger partial charge in [-0.1, -0.05) is 42.4 Å². The smallest absolute Gasteiger partial charge is 0.236 e. The van der Waals surface area contributed by atoms with Crippen molar-refractivity contribution in [3.05, 3.63) is 20.8 Å². The molecule has 2 aliphatic rings. The van der Waals surface area contributed by atoms with Crippen LogP contribution in [0.15, 0.2) is 10.5 Å². The van der Waals surface area contributed by atoms with Crippen LogP contribution in [0, 0.1) is 0 Å². The van der Waals surface area contributed by atoms with Gasteiger partial charge in [0.1, 0.15) is 5.01 Å². The first-order valence-corrected chi connectivity index (χ1v) is 13.6. The minimum Gasteiger partial charge on any atom is -0.305 e. The average molecular weight is 475 g/mol. The number of aromatic nitrogens is 5. The van der Waals surface area contributed by atoms with Crippen LogP contribution in [0.3, 0.4) is 0 Å². The normalized spacial score (nSPS) is 16.9. The molecule has 0 bridgehead atoms. The first-order valence-electron chi connectivity index (χ1n) is 10.9. The third-order valence-corrected chi connectivity index (χ3v) is 9.22. The number of thioether (sulfide) groups is 1. The lowest BCUT2D eigenvalue weighted by molar-refractivity contribution is -0.113. The molecule has 0 unspecified atom stereocenters. The Morgan fingerprint density at radius 3 is 2.84 bits per heavy atom. The van der Waals surface area contributed by atoms with Gasteiger partial charge in [0.25, 0.3) is 0 Å². The fraction of sp³-hybridized carbons (Fsp3) is 0.571. The number of carbonyl (C=O) groups is 1. The van der Waals surface area contributed by atoms with E-state index in [-0.39, 0.29) is 11.7 Å². The molecule has 0 radical (unpaired) electrons. The van der Waals surface area contributed by atoms with Gasteiger partial charge in [-0.2, -0.15) is 0 Å². The minimum absolute atomic E-state index is 0.0891. The molecule has 1 fully saturated rings. The van der Waals surface area contributed by atoms with Gasteiger partial charge in [0.05, 0.1) is 5.75 Å². The Hall–Kier alpha value is -1.78. The molecule has 3 heterocycles. The molecule has 7 nitrogen and oxygen atoms in total. The quantitative estimate of drug-likeness (QED) is 0.503. The predicted molar refractivity (Wildman–Crippen MR) is 126 cm³/mol. The molecule has 10 heteroatoms. The van der Waals surface area contributed by atoms with E-state index >= 15 is 0 Å². The molecule has 31 heavy (non-hydrogen) atoms. The summed E-state index contributed by atoms with van der Waals surface area (Å²) in [6.07, 6.45) is 11.0. The van der Waals surface area contributed by atoms with E-state index in [0.29, 0.717) is 11.0 Å². The van der Waals surface area contributed by atoms with Crippen LogP contribution in [0.4, 0.5) is 5.13 Å². The Morgan fingerprint density at radius 1 is 1.13 bits per heavy atom. The molecule has 0 aromatic carbocycles. The fourth-order valence-electron chi connectivity index (χ4n) is 4.44. The van der Waals surface area contributed by atoms with Crippen LogP contribution in [0.5, 0.6) is 0 Å². The molecular formula is C21H26N6OS3. The molecule has 164 valence electrons. The van der Waals surface area contributed by atoms with Gasteiger partial charge in [-0.25, -0.2) is 0 Å². The maximum Gasteiger partial charge on any atom is 0.236 e. The minimum atomic E-state index is -0.0891. The molecule has 2 aliphatic carbocycles. The number of fused-ring (bicyclic) bond motifs is 1. The third kappa shape index (κ3) is 4.56. The molecule has 0 spiro atoms. The van der Waals surface area contributed by atoms with Crippen molar-refractivity contribution in [2.75, 3.05) is 11.1 Å². The number of anilines is 1. The molecule has 0 aliphatic heterocycles. The topological polar surface area (TPSA) is 85.6 Å². The highest BCUT2D eigenvalue weighted by molar-refractivity contribution is 7.99. The number of amides is 1. The van der Waals surface area contributed by atoms with E-state index in [1.807, 2.05) is 23.0 Å². The summed E-state index contributed by atoms with van der Waals surface area (Å²) in [6.45, 7) is 0. The van der Waals surface area contributed by atoms with Crippen LogP contribution >= 0.6 is 34.4 Å². The maximum absolute atomic E-state index is 12.5. The fourth-order valence-corrected chi connectivity index (χ4v) is 7.21. The van der Waals surface area contributed by atoms with E-state index < -0.39 is 0 Å². The largest absolute Gasteiger partial charge is 0.305 e. The number of nitrogens with zero attached hydrogens (tertiary/aromatic N) is 5. The summed E-state index contributed by atoms with van der Waals surface area (Å²) in [7, 11) is 1.98. The lowest BCUT2D eigenvalue weighted by atomic mass is 9.90. The van der Waals surface area contributed by atoms with Crippen molar-refractivity contribution < 1.29 is 4.79 Å². The monoisotopic (exact) mass is 474 g/mol. The highest BCUT2D eigenvalue weighted by atomic mass is 32.2. The second kappa shape index (κ2) is 9.38. The lowest BCUT2D eigenvalue weighted by Crippen LogP contribution is -2.14.